The van der Waals surface area contributed by atoms with Crippen LogP contribution in [0.15, 0.2) is 12.1 Å². The van der Waals surface area contributed by atoms with Gasteiger partial charge in [-0.05, 0) is 18.9 Å². The zero-order chi connectivity index (χ0) is 15.3. The molecule has 0 aliphatic carbocycles. The minimum absolute atomic E-state index is 0.00773. The summed E-state index contributed by atoms with van der Waals surface area (Å²) in [6, 6.07) is 3.07. The van der Waals surface area contributed by atoms with Gasteiger partial charge in [-0.25, -0.2) is 4.39 Å². The molecule has 0 heterocycles. The summed E-state index contributed by atoms with van der Waals surface area (Å²) in [6.07, 6.45) is 1.10. The average molecular weight is 279 g/mol. The second-order valence-corrected chi connectivity index (χ2v) is 4.33. The molecule has 1 aromatic carbocycles. The number of hydrogen-bond acceptors (Lipinski definition) is 4. The Hall–Kier alpha value is -2.49. The number of non-ortho nitro benzene ring substituents is 1. The highest BCUT2D eigenvalue weighted by Gasteiger charge is 2.21. The molecule has 1 unspecified atom stereocenters. The molecule has 0 bridgehead atoms. The summed E-state index contributed by atoms with van der Waals surface area (Å²) in [6.45, 7) is 3.18. The number of nitrogens with zero attached hydrogens (tertiary/aromatic N) is 2. The third kappa shape index (κ3) is 3.51. The second kappa shape index (κ2) is 6.61. The van der Waals surface area contributed by atoms with E-state index in [2.05, 4.69) is 5.32 Å². The van der Waals surface area contributed by atoms with E-state index in [-0.39, 0.29) is 11.3 Å². The van der Waals surface area contributed by atoms with Crippen molar-refractivity contribution in [1.29, 1.82) is 5.26 Å². The third-order valence-electron chi connectivity index (χ3n) is 2.73. The number of carbonyl (C=O) groups is 1. The Morgan fingerprint density at radius 1 is 1.60 bits per heavy atom. The van der Waals surface area contributed by atoms with Crippen LogP contribution in [0.25, 0.3) is 0 Å². The number of halogens is 1. The van der Waals surface area contributed by atoms with Crippen LogP contribution in [0.3, 0.4) is 0 Å². The molecule has 0 spiro atoms. The topological polar surface area (TPSA) is 96.0 Å². The standard InChI is InChI=1S/C13H14FN3O3/c1-3-4-9(7-15)16-13(18)11-6-10(17(19)20)5-8(2)12(11)14/h5-6,9H,3-4H2,1-2H3,(H,16,18). The van der Waals surface area contributed by atoms with Crippen LogP contribution < -0.4 is 5.32 Å². The van der Waals surface area contributed by atoms with Crippen molar-refractivity contribution in [2.45, 2.75) is 32.7 Å². The van der Waals surface area contributed by atoms with Crippen molar-refractivity contribution in [3.05, 3.63) is 39.2 Å². The molecule has 1 aromatic rings. The van der Waals surface area contributed by atoms with Crippen LogP contribution >= 0.6 is 0 Å². The number of amides is 1. The number of benzene rings is 1. The average Bonchev–Trinajstić information content (AvgIpc) is 2.40. The van der Waals surface area contributed by atoms with Crippen molar-refractivity contribution in [2.75, 3.05) is 0 Å². The number of nitrogens with one attached hydrogen (secondary N) is 1. The van der Waals surface area contributed by atoms with Gasteiger partial charge in [0.25, 0.3) is 11.6 Å². The molecule has 106 valence electrons. The molecule has 0 radical (unpaired) electrons. The van der Waals surface area contributed by atoms with E-state index in [9.17, 15) is 19.3 Å². The Balaban J connectivity index is 3.09. The van der Waals surface area contributed by atoms with E-state index < -0.39 is 28.3 Å². The number of aryl methyl sites for hydroxylation is 1. The Kier molecular flexibility index (Phi) is 5.15. The normalized spacial score (nSPS) is 11.5. The summed E-state index contributed by atoms with van der Waals surface area (Å²) in [5.74, 6) is -1.64. The molecule has 0 aliphatic rings. The van der Waals surface area contributed by atoms with E-state index in [1.54, 1.807) is 0 Å². The minimum Gasteiger partial charge on any atom is -0.336 e. The smallest absolute Gasteiger partial charge is 0.270 e. The molecule has 1 amide bonds. The minimum atomic E-state index is -0.825. The highest BCUT2D eigenvalue weighted by Crippen LogP contribution is 2.21. The first-order chi connectivity index (χ1) is 9.40. The second-order valence-electron chi connectivity index (χ2n) is 4.33. The van der Waals surface area contributed by atoms with Crippen LogP contribution in [0.4, 0.5) is 10.1 Å². The molecule has 0 fully saturated rings. The molecule has 0 saturated carbocycles. The number of hydrogen-bond donors (Lipinski definition) is 1. The predicted octanol–water partition coefficient (Wildman–Crippen LogP) is 2.46. The number of nitriles is 1. The molecule has 0 aromatic heterocycles. The Morgan fingerprint density at radius 2 is 2.25 bits per heavy atom. The fourth-order valence-electron chi connectivity index (χ4n) is 1.71. The first-order valence-corrected chi connectivity index (χ1v) is 6.05. The lowest BCUT2D eigenvalue weighted by Crippen LogP contribution is -2.34. The molecule has 20 heavy (non-hydrogen) atoms. The summed E-state index contributed by atoms with van der Waals surface area (Å²) in [5.41, 5.74) is -0.778. The predicted molar refractivity (Wildman–Crippen MR) is 69.6 cm³/mol. The van der Waals surface area contributed by atoms with E-state index in [1.165, 1.54) is 6.92 Å². The summed E-state index contributed by atoms with van der Waals surface area (Å²) in [7, 11) is 0. The van der Waals surface area contributed by atoms with Gasteiger partial charge in [0.15, 0.2) is 0 Å². The highest BCUT2D eigenvalue weighted by molar-refractivity contribution is 5.95. The van der Waals surface area contributed by atoms with Gasteiger partial charge in [0.05, 0.1) is 16.6 Å². The monoisotopic (exact) mass is 279 g/mol. The number of nitro benzene ring substituents is 1. The van der Waals surface area contributed by atoms with Crippen molar-refractivity contribution in [2.24, 2.45) is 0 Å². The van der Waals surface area contributed by atoms with Crippen molar-refractivity contribution < 1.29 is 14.1 Å². The van der Waals surface area contributed by atoms with E-state index in [0.29, 0.717) is 12.8 Å². The van der Waals surface area contributed by atoms with Crippen LogP contribution in [-0.4, -0.2) is 16.9 Å². The zero-order valence-electron chi connectivity index (χ0n) is 11.1. The molecule has 1 N–H and O–H groups in total. The fraction of sp³-hybridized carbons (Fsp3) is 0.385. The van der Waals surface area contributed by atoms with Crippen LogP contribution in [-0.2, 0) is 0 Å². The van der Waals surface area contributed by atoms with Gasteiger partial charge in [0.2, 0.25) is 0 Å². The van der Waals surface area contributed by atoms with Crippen molar-refractivity contribution in [3.63, 3.8) is 0 Å². The van der Waals surface area contributed by atoms with Crippen LogP contribution in [0, 0.1) is 34.2 Å². The number of carbonyl (C=O) groups excluding carboxylic acids is 1. The Labute approximate surface area is 115 Å². The maximum Gasteiger partial charge on any atom is 0.270 e. The molecule has 1 atom stereocenters. The van der Waals surface area contributed by atoms with Gasteiger partial charge in [-0.2, -0.15) is 5.26 Å². The van der Waals surface area contributed by atoms with Gasteiger partial charge in [0, 0.05) is 12.1 Å². The van der Waals surface area contributed by atoms with E-state index in [4.69, 9.17) is 5.26 Å². The quantitative estimate of drug-likeness (QED) is 0.661. The van der Waals surface area contributed by atoms with Gasteiger partial charge >= 0.3 is 0 Å². The van der Waals surface area contributed by atoms with Crippen LogP contribution in [0.5, 0.6) is 0 Å². The van der Waals surface area contributed by atoms with Crippen LogP contribution in [0.1, 0.15) is 35.7 Å². The molecule has 6 nitrogen and oxygen atoms in total. The van der Waals surface area contributed by atoms with Gasteiger partial charge in [0.1, 0.15) is 11.9 Å². The molecule has 1 rings (SSSR count). The zero-order valence-corrected chi connectivity index (χ0v) is 11.1. The molecule has 0 aliphatic heterocycles. The highest BCUT2D eigenvalue weighted by atomic mass is 19.1. The lowest BCUT2D eigenvalue weighted by atomic mass is 10.1. The van der Waals surface area contributed by atoms with E-state index in [0.717, 1.165) is 12.1 Å². The molecule has 0 saturated heterocycles. The Bertz CT molecular complexity index is 581. The SMILES string of the molecule is CCCC(C#N)NC(=O)c1cc([N+](=O)[O-])cc(C)c1F. The summed E-state index contributed by atoms with van der Waals surface area (Å²) in [5, 5.41) is 21.9. The molecular formula is C13H14FN3O3. The van der Waals surface area contributed by atoms with Crippen molar-refractivity contribution in [3.8, 4) is 6.07 Å². The maximum absolute atomic E-state index is 13.9. The van der Waals surface area contributed by atoms with Crippen molar-refractivity contribution >= 4 is 11.6 Å². The van der Waals surface area contributed by atoms with E-state index in [1.807, 2.05) is 13.0 Å². The first-order valence-electron chi connectivity index (χ1n) is 6.05. The lowest BCUT2D eigenvalue weighted by molar-refractivity contribution is -0.385. The van der Waals surface area contributed by atoms with Gasteiger partial charge in [-0.1, -0.05) is 13.3 Å². The summed E-state index contributed by atoms with van der Waals surface area (Å²) in [4.78, 5) is 21.9. The summed E-state index contributed by atoms with van der Waals surface area (Å²) < 4.78 is 13.9. The number of nitro groups is 1. The van der Waals surface area contributed by atoms with Gasteiger partial charge < -0.3 is 5.32 Å². The molecule has 7 heteroatoms. The number of rotatable bonds is 5. The largest absolute Gasteiger partial charge is 0.336 e. The first kappa shape index (κ1) is 15.6. The van der Waals surface area contributed by atoms with Crippen LogP contribution in [0.2, 0.25) is 0 Å². The van der Waals surface area contributed by atoms with Gasteiger partial charge in [-0.3, -0.25) is 14.9 Å². The van der Waals surface area contributed by atoms with E-state index >= 15 is 0 Å². The Morgan fingerprint density at radius 3 is 2.75 bits per heavy atom. The summed E-state index contributed by atoms with van der Waals surface area (Å²) >= 11 is 0. The fourth-order valence-corrected chi connectivity index (χ4v) is 1.71. The van der Waals surface area contributed by atoms with Crippen molar-refractivity contribution in [1.82, 2.24) is 5.32 Å². The molecular weight excluding hydrogens is 265 g/mol. The lowest BCUT2D eigenvalue weighted by Gasteiger charge is -2.11. The maximum atomic E-state index is 13.9. The van der Waals surface area contributed by atoms with Gasteiger partial charge in [-0.15, -0.1) is 0 Å². The third-order valence-corrected chi connectivity index (χ3v) is 2.73.